The van der Waals surface area contributed by atoms with Crippen LogP contribution in [0.3, 0.4) is 0 Å². The van der Waals surface area contributed by atoms with Gasteiger partial charge < -0.3 is 15.4 Å². The van der Waals surface area contributed by atoms with Crippen molar-refractivity contribution in [3.05, 3.63) is 35.6 Å². The molecule has 1 rings (SSSR count). The first kappa shape index (κ1) is 20.1. The van der Waals surface area contributed by atoms with Crippen molar-refractivity contribution in [1.82, 2.24) is 10.6 Å². The zero-order valence-electron chi connectivity index (χ0n) is 13.1. The van der Waals surface area contributed by atoms with Crippen molar-refractivity contribution in [1.29, 1.82) is 0 Å². The fourth-order valence-electron chi connectivity index (χ4n) is 1.90. The molecule has 21 heavy (non-hydrogen) atoms. The molecule has 0 aliphatic heterocycles. The molecule has 0 atom stereocenters. The molecule has 0 spiro atoms. The molecule has 1 aromatic rings. The molecule has 0 radical (unpaired) electrons. The third kappa shape index (κ3) is 6.60. The van der Waals surface area contributed by atoms with Crippen LogP contribution < -0.4 is 10.6 Å². The van der Waals surface area contributed by atoms with Crippen molar-refractivity contribution in [2.75, 3.05) is 33.9 Å². The fraction of sp³-hybridized carbons (Fsp3) is 0.533. The van der Waals surface area contributed by atoms with E-state index in [0.717, 1.165) is 0 Å². The van der Waals surface area contributed by atoms with Crippen molar-refractivity contribution in [3.63, 3.8) is 0 Å². The molecule has 1 aromatic carbocycles. The van der Waals surface area contributed by atoms with E-state index in [4.69, 9.17) is 4.74 Å². The number of halogens is 2. The first-order chi connectivity index (χ1) is 9.51. The molecule has 0 aromatic heterocycles. The van der Waals surface area contributed by atoms with Crippen LogP contribution >= 0.6 is 24.0 Å². The highest BCUT2D eigenvalue weighted by Crippen LogP contribution is 2.24. The third-order valence-electron chi connectivity index (χ3n) is 3.12. The molecule has 0 aliphatic rings. The van der Waals surface area contributed by atoms with Gasteiger partial charge in [0.05, 0.1) is 6.61 Å². The van der Waals surface area contributed by atoms with E-state index >= 15 is 0 Å². The second-order valence-corrected chi connectivity index (χ2v) is 5.21. The van der Waals surface area contributed by atoms with E-state index in [9.17, 15) is 4.39 Å². The number of benzene rings is 1. The number of rotatable bonds is 6. The van der Waals surface area contributed by atoms with E-state index < -0.39 is 0 Å². The van der Waals surface area contributed by atoms with Gasteiger partial charge in [0.25, 0.3) is 0 Å². The van der Waals surface area contributed by atoms with Crippen LogP contribution in [0.25, 0.3) is 0 Å². The SMILES string of the molecule is CN=C(NCCOC)NCC(C)(C)c1ccccc1F.I. The predicted molar refractivity (Wildman–Crippen MR) is 96.1 cm³/mol. The van der Waals surface area contributed by atoms with E-state index in [1.807, 2.05) is 26.0 Å². The Morgan fingerprint density at radius 2 is 1.95 bits per heavy atom. The molecule has 0 amide bonds. The first-order valence-corrected chi connectivity index (χ1v) is 6.69. The topological polar surface area (TPSA) is 45.7 Å². The minimum Gasteiger partial charge on any atom is -0.383 e. The molecule has 0 saturated carbocycles. The van der Waals surface area contributed by atoms with E-state index in [1.54, 1.807) is 20.2 Å². The van der Waals surface area contributed by atoms with E-state index in [0.29, 0.717) is 31.2 Å². The minimum absolute atomic E-state index is 0. The number of guanidine groups is 1. The van der Waals surface area contributed by atoms with Crippen LogP contribution in [0.5, 0.6) is 0 Å². The zero-order chi connectivity index (χ0) is 15.0. The third-order valence-corrected chi connectivity index (χ3v) is 3.12. The average molecular weight is 409 g/mol. The van der Waals surface area contributed by atoms with Crippen LogP contribution in [0, 0.1) is 5.82 Å². The second kappa shape index (κ2) is 9.94. The number of hydrogen-bond acceptors (Lipinski definition) is 2. The lowest BCUT2D eigenvalue weighted by molar-refractivity contribution is 0.203. The number of aliphatic imine (C=N–C) groups is 1. The Bertz CT molecular complexity index is 452. The van der Waals surface area contributed by atoms with Gasteiger partial charge in [-0.15, -0.1) is 24.0 Å². The second-order valence-electron chi connectivity index (χ2n) is 5.21. The fourth-order valence-corrected chi connectivity index (χ4v) is 1.90. The van der Waals surface area contributed by atoms with Crippen molar-refractivity contribution in [3.8, 4) is 0 Å². The van der Waals surface area contributed by atoms with Crippen LogP contribution in [0.15, 0.2) is 29.3 Å². The summed E-state index contributed by atoms with van der Waals surface area (Å²) in [6, 6.07) is 6.86. The number of nitrogens with zero attached hydrogens (tertiary/aromatic N) is 1. The lowest BCUT2D eigenvalue weighted by atomic mass is 9.84. The summed E-state index contributed by atoms with van der Waals surface area (Å²) in [4.78, 5) is 4.12. The molecule has 120 valence electrons. The van der Waals surface area contributed by atoms with Gasteiger partial charge in [0.1, 0.15) is 5.82 Å². The molecular weight excluding hydrogens is 384 g/mol. The maximum atomic E-state index is 13.8. The lowest BCUT2D eigenvalue weighted by Gasteiger charge is -2.27. The van der Waals surface area contributed by atoms with Gasteiger partial charge in [-0.05, 0) is 11.6 Å². The Kier molecular flexibility index (Phi) is 9.52. The Morgan fingerprint density at radius 3 is 2.52 bits per heavy atom. The first-order valence-electron chi connectivity index (χ1n) is 6.69. The molecule has 0 fully saturated rings. The molecule has 4 nitrogen and oxygen atoms in total. The van der Waals surface area contributed by atoms with Crippen LogP contribution in [-0.2, 0) is 10.2 Å². The molecule has 0 unspecified atom stereocenters. The van der Waals surface area contributed by atoms with Gasteiger partial charge in [-0.25, -0.2) is 4.39 Å². The van der Waals surface area contributed by atoms with Crippen molar-refractivity contribution >= 4 is 29.9 Å². The van der Waals surface area contributed by atoms with Gasteiger partial charge in [0, 0.05) is 32.7 Å². The molecule has 2 N–H and O–H groups in total. The predicted octanol–water partition coefficient (Wildman–Crippen LogP) is 2.53. The monoisotopic (exact) mass is 409 g/mol. The highest BCUT2D eigenvalue weighted by Gasteiger charge is 2.24. The minimum atomic E-state index is -0.329. The van der Waals surface area contributed by atoms with Gasteiger partial charge in [-0.2, -0.15) is 0 Å². The number of hydrogen-bond donors (Lipinski definition) is 2. The van der Waals surface area contributed by atoms with Gasteiger partial charge in [0.15, 0.2) is 5.96 Å². The Hall–Kier alpha value is -0.890. The van der Waals surface area contributed by atoms with Gasteiger partial charge >= 0.3 is 0 Å². The summed E-state index contributed by atoms with van der Waals surface area (Å²) in [6.45, 7) is 5.87. The quantitative estimate of drug-likeness (QED) is 0.329. The summed E-state index contributed by atoms with van der Waals surface area (Å²) in [7, 11) is 3.36. The number of nitrogens with one attached hydrogen (secondary N) is 2. The van der Waals surface area contributed by atoms with Crippen LogP contribution in [0.1, 0.15) is 19.4 Å². The Morgan fingerprint density at radius 1 is 1.29 bits per heavy atom. The summed E-state index contributed by atoms with van der Waals surface area (Å²) in [6.07, 6.45) is 0. The van der Waals surface area contributed by atoms with Crippen molar-refractivity contribution < 1.29 is 9.13 Å². The summed E-state index contributed by atoms with van der Waals surface area (Å²) < 4.78 is 18.8. The smallest absolute Gasteiger partial charge is 0.191 e. The van der Waals surface area contributed by atoms with Gasteiger partial charge in [-0.1, -0.05) is 32.0 Å². The average Bonchev–Trinajstić information content (AvgIpc) is 2.43. The zero-order valence-corrected chi connectivity index (χ0v) is 15.4. The van der Waals surface area contributed by atoms with Crippen LogP contribution in [-0.4, -0.2) is 39.8 Å². The molecule has 0 aliphatic carbocycles. The van der Waals surface area contributed by atoms with Crippen molar-refractivity contribution in [2.45, 2.75) is 19.3 Å². The standard InChI is InChI=1S/C15H24FN3O.HI/c1-15(2,12-7-5-6-8-13(12)16)11-19-14(17-3)18-9-10-20-4;/h5-8H,9-11H2,1-4H3,(H2,17,18,19);1H. The lowest BCUT2D eigenvalue weighted by Crippen LogP contribution is -2.44. The van der Waals surface area contributed by atoms with Crippen LogP contribution in [0.4, 0.5) is 4.39 Å². The summed E-state index contributed by atoms with van der Waals surface area (Å²) in [5, 5.41) is 6.34. The Labute approximate surface area is 143 Å². The maximum absolute atomic E-state index is 13.8. The largest absolute Gasteiger partial charge is 0.383 e. The number of methoxy groups -OCH3 is 1. The normalized spacial score (nSPS) is 11.8. The maximum Gasteiger partial charge on any atom is 0.191 e. The molecular formula is C15H25FIN3O. The van der Waals surface area contributed by atoms with E-state index in [2.05, 4.69) is 15.6 Å². The summed E-state index contributed by atoms with van der Waals surface area (Å²) in [5.41, 5.74) is 0.365. The van der Waals surface area contributed by atoms with Crippen molar-refractivity contribution in [2.24, 2.45) is 4.99 Å². The number of ether oxygens (including phenoxy) is 1. The van der Waals surface area contributed by atoms with Gasteiger partial charge in [-0.3, -0.25) is 4.99 Å². The molecule has 0 saturated heterocycles. The Balaban J connectivity index is 0.00000400. The van der Waals surface area contributed by atoms with Gasteiger partial charge in [0.2, 0.25) is 0 Å². The van der Waals surface area contributed by atoms with Crippen LogP contribution in [0.2, 0.25) is 0 Å². The molecule has 0 bridgehead atoms. The van der Waals surface area contributed by atoms with E-state index in [1.165, 1.54) is 6.07 Å². The molecule has 6 heteroatoms. The summed E-state index contributed by atoms with van der Waals surface area (Å²) in [5.74, 6) is 0.507. The summed E-state index contributed by atoms with van der Waals surface area (Å²) >= 11 is 0. The molecule has 0 heterocycles. The van der Waals surface area contributed by atoms with E-state index in [-0.39, 0.29) is 35.2 Å². The highest BCUT2D eigenvalue weighted by molar-refractivity contribution is 14.0. The highest BCUT2D eigenvalue weighted by atomic mass is 127.